The lowest BCUT2D eigenvalue weighted by molar-refractivity contribution is 1.45. The van der Waals surface area contributed by atoms with Gasteiger partial charge in [0.25, 0.3) is 0 Å². The van der Waals surface area contributed by atoms with E-state index in [4.69, 9.17) is 11.6 Å². The highest BCUT2D eigenvalue weighted by Gasteiger charge is 2.26. The summed E-state index contributed by atoms with van der Waals surface area (Å²) in [5, 5.41) is 3.27. The van der Waals surface area contributed by atoms with Gasteiger partial charge in [-0.05, 0) is 86.3 Å². The fraction of sp³-hybridized carbons (Fsp3) is 0.0556. The molecule has 0 radical (unpaired) electrons. The highest BCUT2D eigenvalue weighted by atomic mass is 35.5. The molecule has 0 saturated carbocycles. The van der Waals surface area contributed by atoms with Crippen molar-refractivity contribution in [2.75, 3.05) is 0 Å². The summed E-state index contributed by atoms with van der Waals surface area (Å²) in [6, 6.07) is 45.2. The van der Waals surface area contributed by atoms with Crippen molar-refractivity contribution in [2.24, 2.45) is 0 Å². The molecule has 37 heavy (non-hydrogen) atoms. The maximum Gasteiger partial charge on any atom is 0.0444 e. The van der Waals surface area contributed by atoms with Gasteiger partial charge in [-0.15, -0.1) is 0 Å². The van der Waals surface area contributed by atoms with E-state index in [-0.39, 0.29) is 0 Å². The molecule has 0 aliphatic carbocycles. The van der Waals surface area contributed by atoms with Crippen molar-refractivity contribution in [3.05, 3.63) is 144 Å². The van der Waals surface area contributed by atoms with Crippen LogP contribution in [0.15, 0.2) is 127 Å². The lowest BCUT2D eigenvalue weighted by Gasteiger charge is -2.26. The SMILES string of the molecule is Cc1cc(Cl)c(C)c2c(-c3ccccc3)c(-c3ccccc3)c(-c3ccccc3)c(-c3ccccc3)c12. The summed E-state index contributed by atoms with van der Waals surface area (Å²) >= 11 is 6.91. The Morgan fingerprint density at radius 3 is 1.11 bits per heavy atom. The zero-order valence-corrected chi connectivity index (χ0v) is 21.8. The molecular weight excluding hydrogens is 468 g/mol. The Kier molecular flexibility index (Phi) is 6.12. The summed E-state index contributed by atoms with van der Waals surface area (Å²) in [5.41, 5.74) is 12.0. The molecule has 6 aromatic rings. The number of halogens is 1. The van der Waals surface area contributed by atoms with Crippen LogP contribution in [0.2, 0.25) is 5.02 Å². The maximum atomic E-state index is 6.91. The van der Waals surface area contributed by atoms with Gasteiger partial charge in [-0.2, -0.15) is 0 Å². The first-order valence-electron chi connectivity index (χ1n) is 12.7. The molecule has 0 fully saturated rings. The van der Waals surface area contributed by atoms with Gasteiger partial charge in [0, 0.05) is 5.02 Å². The van der Waals surface area contributed by atoms with Crippen molar-refractivity contribution >= 4 is 22.4 Å². The van der Waals surface area contributed by atoms with Gasteiger partial charge in [0.1, 0.15) is 0 Å². The Morgan fingerprint density at radius 1 is 0.405 bits per heavy atom. The van der Waals surface area contributed by atoms with E-state index in [1.807, 2.05) is 0 Å². The van der Waals surface area contributed by atoms with Crippen LogP contribution in [0.4, 0.5) is 0 Å². The Bertz CT molecular complexity index is 1700. The van der Waals surface area contributed by atoms with Crippen LogP contribution in [-0.4, -0.2) is 0 Å². The van der Waals surface area contributed by atoms with Gasteiger partial charge >= 0.3 is 0 Å². The Hall–Kier alpha value is -4.13. The van der Waals surface area contributed by atoms with E-state index in [1.54, 1.807) is 0 Å². The average Bonchev–Trinajstić information content (AvgIpc) is 2.96. The van der Waals surface area contributed by atoms with E-state index in [1.165, 1.54) is 60.8 Å². The summed E-state index contributed by atoms with van der Waals surface area (Å²) in [6.45, 7) is 4.34. The number of hydrogen-bond acceptors (Lipinski definition) is 0. The quantitative estimate of drug-likeness (QED) is 0.228. The lowest BCUT2D eigenvalue weighted by atomic mass is 9.77. The highest BCUT2D eigenvalue weighted by Crippen LogP contribution is 2.52. The minimum atomic E-state index is 0.799. The van der Waals surface area contributed by atoms with Crippen molar-refractivity contribution in [3.63, 3.8) is 0 Å². The van der Waals surface area contributed by atoms with Crippen molar-refractivity contribution in [1.82, 2.24) is 0 Å². The number of hydrogen-bond donors (Lipinski definition) is 0. The molecule has 0 nitrogen and oxygen atoms in total. The molecule has 178 valence electrons. The first kappa shape index (κ1) is 23.3. The first-order chi connectivity index (χ1) is 18.1. The molecule has 1 heteroatoms. The molecule has 0 heterocycles. The summed E-state index contributed by atoms with van der Waals surface area (Å²) in [5.74, 6) is 0. The van der Waals surface area contributed by atoms with Crippen LogP contribution in [0, 0.1) is 13.8 Å². The number of aryl methyl sites for hydroxylation is 2. The molecule has 0 aliphatic heterocycles. The second-order valence-electron chi connectivity index (χ2n) is 9.51. The molecule has 0 unspecified atom stereocenters. The monoisotopic (exact) mass is 494 g/mol. The normalized spacial score (nSPS) is 11.1. The van der Waals surface area contributed by atoms with E-state index in [0.717, 1.165) is 10.6 Å². The Balaban J connectivity index is 1.98. The first-order valence-corrected chi connectivity index (χ1v) is 13.0. The number of benzene rings is 6. The van der Waals surface area contributed by atoms with Gasteiger partial charge < -0.3 is 0 Å². The van der Waals surface area contributed by atoms with Gasteiger partial charge in [0.05, 0.1) is 0 Å². The molecule has 0 aliphatic rings. The van der Waals surface area contributed by atoms with Crippen LogP contribution in [-0.2, 0) is 0 Å². The minimum Gasteiger partial charge on any atom is -0.0840 e. The average molecular weight is 495 g/mol. The van der Waals surface area contributed by atoms with Crippen molar-refractivity contribution in [3.8, 4) is 44.5 Å². The predicted octanol–water partition coefficient (Wildman–Crippen LogP) is 10.8. The predicted molar refractivity (Wildman–Crippen MR) is 160 cm³/mol. The van der Waals surface area contributed by atoms with E-state index in [2.05, 4.69) is 141 Å². The molecule has 0 saturated heterocycles. The molecule has 0 amide bonds. The van der Waals surface area contributed by atoms with Crippen molar-refractivity contribution in [2.45, 2.75) is 13.8 Å². The van der Waals surface area contributed by atoms with Crippen LogP contribution < -0.4 is 0 Å². The fourth-order valence-corrected chi connectivity index (χ4v) is 5.84. The van der Waals surface area contributed by atoms with Gasteiger partial charge in [-0.1, -0.05) is 133 Å². The standard InChI is InChI=1S/C36H27Cl/c1-24-23-30(37)25(2)32-31(24)33(26-15-7-3-8-16-26)35(28-19-11-5-12-20-28)36(29-21-13-6-14-22-29)34(32)27-17-9-4-10-18-27/h3-23H,1-2H3. The summed E-state index contributed by atoms with van der Waals surface area (Å²) in [4.78, 5) is 0. The Morgan fingerprint density at radius 2 is 0.730 bits per heavy atom. The zero-order chi connectivity index (χ0) is 25.4. The maximum absolute atomic E-state index is 6.91. The van der Waals surface area contributed by atoms with Crippen LogP contribution in [0.3, 0.4) is 0 Å². The van der Waals surface area contributed by atoms with Crippen molar-refractivity contribution < 1.29 is 0 Å². The van der Waals surface area contributed by atoms with Gasteiger partial charge in [-0.3, -0.25) is 0 Å². The largest absolute Gasteiger partial charge is 0.0840 e. The van der Waals surface area contributed by atoms with Crippen LogP contribution in [0.5, 0.6) is 0 Å². The van der Waals surface area contributed by atoms with E-state index < -0.39 is 0 Å². The van der Waals surface area contributed by atoms with Crippen LogP contribution in [0.25, 0.3) is 55.3 Å². The van der Waals surface area contributed by atoms with Crippen molar-refractivity contribution in [1.29, 1.82) is 0 Å². The molecule has 0 aromatic heterocycles. The molecule has 0 atom stereocenters. The summed E-state index contributed by atoms with van der Waals surface area (Å²) in [6.07, 6.45) is 0. The molecule has 0 bridgehead atoms. The van der Waals surface area contributed by atoms with Gasteiger partial charge in [0.2, 0.25) is 0 Å². The van der Waals surface area contributed by atoms with Gasteiger partial charge in [0.15, 0.2) is 0 Å². The smallest absolute Gasteiger partial charge is 0.0444 e. The molecular formula is C36H27Cl. The lowest BCUT2D eigenvalue weighted by Crippen LogP contribution is -2.00. The zero-order valence-electron chi connectivity index (χ0n) is 21.0. The van der Waals surface area contributed by atoms with E-state index in [0.29, 0.717) is 0 Å². The summed E-state index contributed by atoms with van der Waals surface area (Å²) < 4.78 is 0. The third-order valence-electron chi connectivity index (χ3n) is 7.22. The second kappa shape index (κ2) is 9.73. The molecule has 6 rings (SSSR count). The molecule has 0 N–H and O–H groups in total. The highest BCUT2D eigenvalue weighted by molar-refractivity contribution is 6.33. The second-order valence-corrected chi connectivity index (χ2v) is 9.92. The Labute approximate surface area is 223 Å². The van der Waals surface area contributed by atoms with E-state index in [9.17, 15) is 0 Å². The third-order valence-corrected chi connectivity index (χ3v) is 7.61. The summed E-state index contributed by atoms with van der Waals surface area (Å²) in [7, 11) is 0. The van der Waals surface area contributed by atoms with Gasteiger partial charge in [-0.25, -0.2) is 0 Å². The third kappa shape index (κ3) is 4.04. The van der Waals surface area contributed by atoms with Crippen LogP contribution >= 0.6 is 11.6 Å². The van der Waals surface area contributed by atoms with Crippen LogP contribution in [0.1, 0.15) is 11.1 Å². The topological polar surface area (TPSA) is 0 Å². The van der Waals surface area contributed by atoms with E-state index >= 15 is 0 Å². The number of rotatable bonds is 4. The fourth-order valence-electron chi connectivity index (χ4n) is 5.58. The molecule has 0 spiro atoms. The number of fused-ring (bicyclic) bond motifs is 1. The minimum absolute atomic E-state index is 0.799. The molecule has 6 aromatic carbocycles.